The van der Waals surface area contributed by atoms with Crippen LogP contribution in [0.3, 0.4) is 0 Å². The highest BCUT2D eigenvalue weighted by atomic mass is 35.5. The van der Waals surface area contributed by atoms with Gasteiger partial charge >= 0.3 is 0 Å². The molecule has 110 valence electrons. The molecular weight excluding hydrogens is 268 g/mol. The van der Waals surface area contributed by atoms with E-state index in [0.29, 0.717) is 6.04 Å². The van der Waals surface area contributed by atoms with E-state index in [4.69, 9.17) is 11.6 Å². The first-order valence-electron chi connectivity index (χ1n) is 7.69. The number of nitrogens with one attached hydrogen (secondary N) is 1. The Morgan fingerprint density at radius 2 is 2.10 bits per heavy atom. The predicted molar refractivity (Wildman–Crippen MR) is 88.6 cm³/mol. The zero-order valence-electron chi connectivity index (χ0n) is 12.5. The van der Waals surface area contributed by atoms with Gasteiger partial charge in [0.1, 0.15) is 0 Å². The summed E-state index contributed by atoms with van der Waals surface area (Å²) in [6.45, 7) is 6.48. The van der Waals surface area contributed by atoms with E-state index in [1.54, 1.807) is 0 Å². The average Bonchev–Trinajstić information content (AvgIpc) is 2.84. The topological polar surface area (TPSA) is 17.0 Å². The third-order valence-corrected chi connectivity index (χ3v) is 4.13. The average molecular weight is 293 g/mol. The van der Waals surface area contributed by atoms with Gasteiger partial charge in [-0.3, -0.25) is 0 Å². The maximum Gasteiger partial charge on any atom is 0.0670 e. The predicted octanol–water partition coefficient (Wildman–Crippen LogP) is 4.85. The molecule has 0 saturated heterocycles. The van der Waals surface area contributed by atoms with Gasteiger partial charge in [-0.15, -0.1) is 0 Å². The van der Waals surface area contributed by atoms with Crippen molar-refractivity contribution in [1.82, 2.24) is 9.88 Å². The zero-order chi connectivity index (χ0) is 14.4. The van der Waals surface area contributed by atoms with Crippen molar-refractivity contribution < 1.29 is 0 Å². The Hall–Kier alpha value is -0.990. The van der Waals surface area contributed by atoms with E-state index in [1.807, 2.05) is 12.1 Å². The molecular formula is C17H25ClN2. The first-order valence-corrected chi connectivity index (χ1v) is 8.07. The number of nitrogens with zero attached hydrogens (tertiary/aromatic N) is 1. The summed E-state index contributed by atoms with van der Waals surface area (Å²) in [4.78, 5) is 0. The maximum absolute atomic E-state index is 6.29. The minimum atomic E-state index is 0.596. The standard InChI is InChI=1S/C17H25ClN2/c1-3-4-5-7-14(2)19-11-13-20-12-10-15-8-6-9-16(18)17(15)20/h6,8-10,12,14,19H,3-5,7,11,13H2,1-2H3. The number of para-hydroxylation sites is 1. The Labute approximate surface area is 127 Å². The van der Waals surface area contributed by atoms with Gasteiger partial charge in [-0.1, -0.05) is 49.9 Å². The van der Waals surface area contributed by atoms with Crippen molar-refractivity contribution in [1.29, 1.82) is 0 Å². The molecule has 1 N–H and O–H groups in total. The van der Waals surface area contributed by atoms with Crippen LogP contribution in [0, 0.1) is 0 Å². The molecule has 2 aromatic rings. The van der Waals surface area contributed by atoms with E-state index in [0.717, 1.165) is 23.6 Å². The highest BCUT2D eigenvalue weighted by Crippen LogP contribution is 2.24. The third-order valence-electron chi connectivity index (χ3n) is 3.83. The molecule has 20 heavy (non-hydrogen) atoms. The van der Waals surface area contributed by atoms with Crippen LogP contribution in [-0.2, 0) is 6.54 Å². The Morgan fingerprint density at radius 1 is 1.25 bits per heavy atom. The molecule has 1 unspecified atom stereocenters. The van der Waals surface area contributed by atoms with Gasteiger partial charge in [-0.05, 0) is 25.5 Å². The lowest BCUT2D eigenvalue weighted by Crippen LogP contribution is -2.29. The molecule has 3 heteroatoms. The van der Waals surface area contributed by atoms with Gasteiger partial charge < -0.3 is 9.88 Å². The maximum atomic E-state index is 6.29. The molecule has 0 amide bonds. The number of benzene rings is 1. The Balaban J connectivity index is 1.84. The molecule has 2 nitrogen and oxygen atoms in total. The number of hydrogen-bond acceptors (Lipinski definition) is 1. The first kappa shape index (κ1) is 15.4. The SMILES string of the molecule is CCCCCC(C)NCCn1ccc2cccc(Cl)c21. The largest absolute Gasteiger partial charge is 0.345 e. The fourth-order valence-corrected chi connectivity index (χ4v) is 2.93. The summed E-state index contributed by atoms with van der Waals surface area (Å²) >= 11 is 6.29. The van der Waals surface area contributed by atoms with Gasteiger partial charge in [-0.25, -0.2) is 0 Å². The molecule has 0 bridgehead atoms. The monoisotopic (exact) mass is 292 g/mol. The van der Waals surface area contributed by atoms with Crippen LogP contribution >= 0.6 is 11.6 Å². The molecule has 0 aliphatic rings. The molecule has 2 rings (SSSR count). The van der Waals surface area contributed by atoms with Gasteiger partial charge in [0.05, 0.1) is 10.5 Å². The minimum absolute atomic E-state index is 0.596. The molecule has 0 radical (unpaired) electrons. The van der Waals surface area contributed by atoms with Crippen LogP contribution in [0.5, 0.6) is 0 Å². The zero-order valence-corrected chi connectivity index (χ0v) is 13.3. The van der Waals surface area contributed by atoms with E-state index >= 15 is 0 Å². The van der Waals surface area contributed by atoms with E-state index < -0.39 is 0 Å². The molecule has 0 aliphatic heterocycles. The molecule has 1 atom stereocenters. The fourth-order valence-electron chi connectivity index (χ4n) is 2.63. The lowest BCUT2D eigenvalue weighted by molar-refractivity contribution is 0.473. The Bertz CT molecular complexity index is 533. The van der Waals surface area contributed by atoms with Gasteiger partial charge in [0.25, 0.3) is 0 Å². The van der Waals surface area contributed by atoms with Crippen molar-refractivity contribution in [2.24, 2.45) is 0 Å². The van der Waals surface area contributed by atoms with Crippen LogP contribution in [0.4, 0.5) is 0 Å². The Kier molecular flexibility index (Phi) is 5.93. The quantitative estimate of drug-likeness (QED) is 0.688. The van der Waals surface area contributed by atoms with E-state index in [-0.39, 0.29) is 0 Å². The molecule has 0 spiro atoms. The molecule has 1 heterocycles. The van der Waals surface area contributed by atoms with Crippen LogP contribution in [0.1, 0.15) is 39.5 Å². The molecule has 0 saturated carbocycles. The summed E-state index contributed by atoms with van der Waals surface area (Å²) in [6, 6.07) is 8.80. The summed E-state index contributed by atoms with van der Waals surface area (Å²) in [6.07, 6.45) is 7.34. The van der Waals surface area contributed by atoms with Crippen LogP contribution in [-0.4, -0.2) is 17.2 Å². The van der Waals surface area contributed by atoms with E-state index in [1.165, 1.54) is 31.1 Å². The third kappa shape index (κ3) is 4.00. The van der Waals surface area contributed by atoms with Gasteiger partial charge in [0.2, 0.25) is 0 Å². The Morgan fingerprint density at radius 3 is 2.90 bits per heavy atom. The molecule has 0 aliphatic carbocycles. The van der Waals surface area contributed by atoms with Crippen molar-refractivity contribution in [3.63, 3.8) is 0 Å². The van der Waals surface area contributed by atoms with Crippen LogP contribution < -0.4 is 5.32 Å². The summed E-state index contributed by atoms with van der Waals surface area (Å²) < 4.78 is 2.24. The second kappa shape index (κ2) is 7.70. The molecule has 0 fully saturated rings. The number of hydrogen-bond donors (Lipinski definition) is 1. The minimum Gasteiger partial charge on any atom is -0.345 e. The van der Waals surface area contributed by atoms with Crippen molar-refractivity contribution in [2.75, 3.05) is 6.54 Å². The first-order chi connectivity index (χ1) is 9.72. The van der Waals surface area contributed by atoms with E-state index in [9.17, 15) is 0 Å². The number of fused-ring (bicyclic) bond motifs is 1. The van der Waals surface area contributed by atoms with Crippen molar-refractivity contribution >= 4 is 22.5 Å². The summed E-state index contributed by atoms with van der Waals surface area (Å²) in [5.74, 6) is 0. The van der Waals surface area contributed by atoms with Crippen molar-refractivity contribution in [2.45, 2.75) is 52.1 Å². The summed E-state index contributed by atoms with van der Waals surface area (Å²) in [5, 5.41) is 5.65. The number of aromatic nitrogens is 1. The highest BCUT2D eigenvalue weighted by Gasteiger charge is 2.05. The number of halogens is 1. The van der Waals surface area contributed by atoms with Gasteiger partial charge in [-0.2, -0.15) is 0 Å². The van der Waals surface area contributed by atoms with Gasteiger partial charge in [0, 0.05) is 30.7 Å². The summed E-state index contributed by atoms with van der Waals surface area (Å²) in [5.41, 5.74) is 1.15. The smallest absolute Gasteiger partial charge is 0.0670 e. The van der Waals surface area contributed by atoms with E-state index in [2.05, 4.69) is 42.1 Å². The number of rotatable bonds is 8. The second-order valence-corrected chi connectivity index (χ2v) is 5.94. The fraction of sp³-hybridized carbons (Fsp3) is 0.529. The molecule has 1 aromatic heterocycles. The van der Waals surface area contributed by atoms with Crippen LogP contribution in [0.15, 0.2) is 30.5 Å². The molecule has 1 aromatic carbocycles. The van der Waals surface area contributed by atoms with Crippen LogP contribution in [0.2, 0.25) is 5.02 Å². The van der Waals surface area contributed by atoms with Crippen molar-refractivity contribution in [3.05, 3.63) is 35.5 Å². The lowest BCUT2D eigenvalue weighted by atomic mass is 10.1. The lowest BCUT2D eigenvalue weighted by Gasteiger charge is -2.14. The normalized spacial score (nSPS) is 12.9. The second-order valence-electron chi connectivity index (χ2n) is 5.54. The number of unbranched alkanes of at least 4 members (excludes halogenated alkanes) is 2. The summed E-state index contributed by atoms with van der Waals surface area (Å²) in [7, 11) is 0. The highest BCUT2D eigenvalue weighted by molar-refractivity contribution is 6.35. The van der Waals surface area contributed by atoms with Crippen molar-refractivity contribution in [3.8, 4) is 0 Å². The van der Waals surface area contributed by atoms with Crippen LogP contribution in [0.25, 0.3) is 10.9 Å². The van der Waals surface area contributed by atoms with Gasteiger partial charge in [0.15, 0.2) is 0 Å².